The van der Waals surface area contributed by atoms with Crippen molar-refractivity contribution < 1.29 is 4.74 Å². The number of anilines is 1. The largest absolute Gasteiger partial charge is 0.475 e. The maximum atomic E-state index is 5.50. The fourth-order valence-electron chi connectivity index (χ4n) is 0.760. The lowest BCUT2D eigenvalue weighted by molar-refractivity contribution is 0.298. The topological polar surface area (TPSA) is 61.0 Å². The van der Waals surface area contributed by atoms with E-state index in [1.807, 2.05) is 0 Å². The highest BCUT2D eigenvalue weighted by atomic mass is 16.5. The summed E-state index contributed by atoms with van der Waals surface area (Å²) >= 11 is 0. The maximum absolute atomic E-state index is 5.50. The minimum Gasteiger partial charge on any atom is -0.475 e. The number of unbranched alkanes of at least 4 members (excludes halogenated alkanes) is 1. The monoisotopic (exact) mass is 167 g/mol. The molecule has 0 aliphatic rings. The number of hydrogen-bond acceptors (Lipinski definition) is 4. The molecule has 0 spiro atoms. The second-order valence-corrected chi connectivity index (χ2v) is 2.45. The van der Waals surface area contributed by atoms with Crippen LogP contribution in [0.2, 0.25) is 0 Å². The van der Waals surface area contributed by atoms with Crippen LogP contribution in [0.15, 0.2) is 12.4 Å². The van der Waals surface area contributed by atoms with Crippen molar-refractivity contribution in [2.45, 2.75) is 19.8 Å². The van der Waals surface area contributed by atoms with Crippen molar-refractivity contribution in [3.63, 3.8) is 0 Å². The zero-order valence-electron chi connectivity index (χ0n) is 7.16. The van der Waals surface area contributed by atoms with Crippen molar-refractivity contribution in [3.8, 4) is 5.88 Å². The van der Waals surface area contributed by atoms with Gasteiger partial charge in [0.2, 0.25) is 0 Å². The second kappa shape index (κ2) is 4.54. The molecule has 0 fully saturated rings. The molecule has 0 saturated carbocycles. The molecule has 2 N–H and O–H groups in total. The molecule has 0 atom stereocenters. The number of nitrogens with zero attached hydrogens (tertiary/aromatic N) is 2. The zero-order chi connectivity index (χ0) is 8.81. The molecule has 1 aromatic rings. The summed E-state index contributed by atoms with van der Waals surface area (Å²) in [6, 6.07) is 0. The number of aromatic nitrogens is 2. The third-order valence-corrected chi connectivity index (χ3v) is 1.43. The Bertz CT molecular complexity index is 239. The Labute approximate surface area is 71.8 Å². The molecule has 4 heteroatoms. The average molecular weight is 167 g/mol. The number of rotatable bonds is 4. The highest BCUT2D eigenvalue weighted by Gasteiger charge is 1.99. The van der Waals surface area contributed by atoms with E-state index in [2.05, 4.69) is 16.9 Å². The minimum atomic E-state index is 0.355. The van der Waals surface area contributed by atoms with Crippen molar-refractivity contribution in [1.82, 2.24) is 9.97 Å². The van der Waals surface area contributed by atoms with Crippen LogP contribution in [0.4, 0.5) is 5.82 Å². The van der Waals surface area contributed by atoms with E-state index in [-0.39, 0.29) is 0 Å². The van der Waals surface area contributed by atoms with Crippen LogP contribution < -0.4 is 10.5 Å². The Balaban J connectivity index is 2.46. The van der Waals surface area contributed by atoms with E-state index in [0.29, 0.717) is 18.3 Å². The van der Waals surface area contributed by atoms with Gasteiger partial charge in [-0.2, -0.15) is 0 Å². The van der Waals surface area contributed by atoms with Crippen LogP contribution in [0.1, 0.15) is 19.8 Å². The fraction of sp³-hybridized carbons (Fsp3) is 0.500. The van der Waals surface area contributed by atoms with E-state index in [4.69, 9.17) is 10.5 Å². The number of nitrogen functional groups attached to an aromatic ring is 1. The van der Waals surface area contributed by atoms with Crippen LogP contribution in [0.5, 0.6) is 5.88 Å². The van der Waals surface area contributed by atoms with Crippen LogP contribution in [-0.4, -0.2) is 16.6 Å². The van der Waals surface area contributed by atoms with E-state index in [9.17, 15) is 0 Å². The van der Waals surface area contributed by atoms with Crippen molar-refractivity contribution in [2.75, 3.05) is 12.3 Å². The molecule has 1 rings (SSSR count). The Hall–Kier alpha value is -1.32. The summed E-state index contributed by atoms with van der Waals surface area (Å²) in [6.07, 6.45) is 5.22. The van der Waals surface area contributed by atoms with E-state index >= 15 is 0 Å². The lowest BCUT2D eigenvalue weighted by Crippen LogP contribution is -2.02. The summed E-state index contributed by atoms with van der Waals surface area (Å²) in [4.78, 5) is 7.79. The highest BCUT2D eigenvalue weighted by Crippen LogP contribution is 2.12. The molecule has 0 saturated heterocycles. The average Bonchev–Trinajstić information content (AvgIpc) is 2.09. The molecule has 0 unspecified atom stereocenters. The third-order valence-electron chi connectivity index (χ3n) is 1.43. The van der Waals surface area contributed by atoms with Crippen molar-refractivity contribution >= 4 is 5.82 Å². The molecular weight excluding hydrogens is 154 g/mol. The first-order chi connectivity index (χ1) is 5.84. The van der Waals surface area contributed by atoms with Crippen LogP contribution >= 0.6 is 0 Å². The Morgan fingerprint density at radius 3 is 2.83 bits per heavy atom. The molecule has 1 aromatic heterocycles. The van der Waals surface area contributed by atoms with E-state index in [1.54, 1.807) is 12.4 Å². The molecule has 4 nitrogen and oxygen atoms in total. The van der Waals surface area contributed by atoms with Crippen LogP contribution in [0, 0.1) is 0 Å². The molecule has 1 heterocycles. The molecule has 0 aliphatic heterocycles. The normalized spacial score (nSPS) is 9.75. The lowest BCUT2D eigenvalue weighted by Gasteiger charge is -2.04. The van der Waals surface area contributed by atoms with Crippen LogP contribution in [0.25, 0.3) is 0 Å². The first-order valence-electron chi connectivity index (χ1n) is 4.04. The Morgan fingerprint density at radius 2 is 2.17 bits per heavy atom. The molecule has 12 heavy (non-hydrogen) atoms. The Morgan fingerprint density at radius 1 is 1.42 bits per heavy atom. The van der Waals surface area contributed by atoms with Gasteiger partial charge in [0, 0.05) is 12.4 Å². The molecule has 0 aliphatic carbocycles. The van der Waals surface area contributed by atoms with Crippen LogP contribution in [0.3, 0.4) is 0 Å². The summed E-state index contributed by atoms with van der Waals surface area (Å²) in [5.41, 5.74) is 5.50. The van der Waals surface area contributed by atoms with Gasteiger partial charge in [-0.25, -0.2) is 9.97 Å². The van der Waals surface area contributed by atoms with Gasteiger partial charge in [0.15, 0.2) is 5.82 Å². The van der Waals surface area contributed by atoms with Gasteiger partial charge in [0.05, 0.1) is 6.61 Å². The summed E-state index contributed by atoms with van der Waals surface area (Å²) in [7, 11) is 0. The molecule has 66 valence electrons. The predicted molar refractivity (Wildman–Crippen MR) is 46.8 cm³/mol. The Kier molecular flexibility index (Phi) is 3.32. The molecule has 0 bridgehead atoms. The summed E-state index contributed by atoms with van der Waals surface area (Å²) < 4.78 is 5.28. The van der Waals surface area contributed by atoms with Crippen molar-refractivity contribution in [3.05, 3.63) is 12.4 Å². The van der Waals surface area contributed by atoms with Gasteiger partial charge in [0.1, 0.15) is 0 Å². The van der Waals surface area contributed by atoms with E-state index < -0.39 is 0 Å². The summed E-state index contributed by atoms with van der Waals surface area (Å²) in [5.74, 6) is 0.791. The summed E-state index contributed by atoms with van der Waals surface area (Å²) in [5, 5.41) is 0. The fourth-order valence-corrected chi connectivity index (χ4v) is 0.760. The van der Waals surface area contributed by atoms with Gasteiger partial charge in [-0.1, -0.05) is 13.3 Å². The van der Waals surface area contributed by atoms with Crippen molar-refractivity contribution in [1.29, 1.82) is 0 Å². The van der Waals surface area contributed by atoms with Gasteiger partial charge in [-0.05, 0) is 6.42 Å². The van der Waals surface area contributed by atoms with Crippen molar-refractivity contribution in [2.24, 2.45) is 0 Å². The maximum Gasteiger partial charge on any atom is 0.257 e. The van der Waals surface area contributed by atoms with E-state index in [0.717, 1.165) is 12.8 Å². The smallest absolute Gasteiger partial charge is 0.257 e. The third kappa shape index (κ3) is 2.38. The highest BCUT2D eigenvalue weighted by molar-refractivity contribution is 5.38. The lowest BCUT2D eigenvalue weighted by atomic mass is 10.4. The minimum absolute atomic E-state index is 0.355. The van der Waals surface area contributed by atoms with E-state index in [1.165, 1.54) is 0 Å². The standard InChI is InChI=1S/C8H13N3O/c1-2-3-6-12-8-7(9)10-4-5-11-8/h4-5H,2-3,6H2,1H3,(H2,9,10). The second-order valence-electron chi connectivity index (χ2n) is 2.45. The van der Waals surface area contributed by atoms with Gasteiger partial charge in [0.25, 0.3) is 5.88 Å². The van der Waals surface area contributed by atoms with Gasteiger partial charge in [-0.15, -0.1) is 0 Å². The molecule has 0 radical (unpaired) electrons. The van der Waals surface area contributed by atoms with Gasteiger partial charge < -0.3 is 10.5 Å². The molecule has 0 amide bonds. The first-order valence-corrected chi connectivity index (χ1v) is 4.04. The number of hydrogen-bond donors (Lipinski definition) is 1. The predicted octanol–water partition coefficient (Wildman–Crippen LogP) is 1.24. The molecular formula is C8H13N3O. The summed E-state index contributed by atoms with van der Waals surface area (Å²) in [6.45, 7) is 2.75. The number of ether oxygens (including phenoxy) is 1. The SMILES string of the molecule is CCCCOc1nccnc1N. The quantitative estimate of drug-likeness (QED) is 0.685. The van der Waals surface area contributed by atoms with Gasteiger partial charge >= 0.3 is 0 Å². The first kappa shape index (κ1) is 8.77. The van der Waals surface area contributed by atoms with Crippen LogP contribution in [-0.2, 0) is 0 Å². The number of nitrogens with two attached hydrogens (primary N) is 1. The molecule has 0 aromatic carbocycles. The zero-order valence-corrected chi connectivity index (χ0v) is 7.16. The van der Waals surface area contributed by atoms with Gasteiger partial charge in [-0.3, -0.25) is 0 Å².